The first-order valence-corrected chi connectivity index (χ1v) is 10.4. The summed E-state index contributed by atoms with van der Waals surface area (Å²) < 4.78 is 0. The lowest BCUT2D eigenvalue weighted by atomic mass is 10.0. The van der Waals surface area contributed by atoms with Gasteiger partial charge < -0.3 is 16.0 Å². The molecule has 1 aliphatic heterocycles. The Balaban J connectivity index is 0.00000300. The highest BCUT2D eigenvalue weighted by atomic mass is 127. The third kappa shape index (κ3) is 8.62. The highest BCUT2D eigenvalue weighted by Gasteiger charge is 2.19. The molecule has 3 N–H and O–H groups in total. The maximum atomic E-state index is 4.39. The Kier molecular flexibility index (Phi) is 10.9. The van der Waals surface area contributed by atoms with Gasteiger partial charge in [-0.3, -0.25) is 9.89 Å². The number of halogens is 1. The van der Waals surface area contributed by atoms with Gasteiger partial charge in [0.25, 0.3) is 0 Å². The maximum Gasteiger partial charge on any atom is 0.191 e. The van der Waals surface area contributed by atoms with Crippen molar-refractivity contribution in [1.29, 1.82) is 0 Å². The van der Waals surface area contributed by atoms with Gasteiger partial charge in [0, 0.05) is 51.5 Å². The van der Waals surface area contributed by atoms with Crippen LogP contribution in [0.4, 0.5) is 5.69 Å². The van der Waals surface area contributed by atoms with Crippen LogP contribution in [0.3, 0.4) is 0 Å². The Morgan fingerprint density at radius 1 is 0.966 bits per heavy atom. The zero-order valence-corrected chi connectivity index (χ0v) is 19.6. The first kappa shape index (κ1) is 23.5. The van der Waals surface area contributed by atoms with Crippen molar-refractivity contribution in [3.63, 3.8) is 0 Å². The molecule has 0 unspecified atom stereocenters. The van der Waals surface area contributed by atoms with Gasteiger partial charge >= 0.3 is 0 Å². The Hall–Kier alpha value is -1.80. The van der Waals surface area contributed by atoms with E-state index in [1.807, 2.05) is 13.1 Å². The third-order valence-corrected chi connectivity index (χ3v) is 5.15. The zero-order valence-electron chi connectivity index (χ0n) is 17.3. The van der Waals surface area contributed by atoms with E-state index in [1.165, 1.54) is 11.3 Å². The first-order valence-electron chi connectivity index (χ1n) is 10.4. The highest BCUT2D eigenvalue weighted by Crippen LogP contribution is 2.13. The molecule has 0 saturated carbocycles. The largest absolute Gasteiger partial charge is 0.385 e. The molecule has 1 heterocycles. The molecular formula is C23H34IN5. The number of anilines is 1. The van der Waals surface area contributed by atoms with E-state index in [2.05, 4.69) is 80.4 Å². The molecule has 0 aromatic heterocycles. The van der Waals surface area contributed by atoms with Crippen LogP contribution in [-0.2, 0) is 6.54 Å². The lowest BCUT2D eigenvalue weighted by Gasteiger charge is -2.33. The predicted molar refractivity (Wildman–Crippen MR) is 134 cm³/mol. The molecule has 3 rings (SSSR count). The quantitative estimate of drug-likeness (QED) is 0.219. The van der Waals surface area contributed by atoms with Gasteiger partial charge in [-0.05, 0) is 37.0 Å². The van der Waals surface area contributed by atoms with Crippen LogP contribution in [0.15, 0.2) is 65.7 Å². The molecule has 0 aliphatic carbocycles. The molecule has 158 valence electrons. The van der Waals surface area contributed by atoms with Gasteiger partial charge in [0.1, 0.15) is 0 Å². The van der Waals surface area contributed by atoms with E-state index < -0.39 is 0 Å². The molecule has 1 fully saturated rings. The van der Waals surface area contributed by atoms with Crippen LogP contribution < -0.4 is 16.0 Å². The molecule has 2 aromatic carbocycles. The van der Waals surface area contributed by atoms with E-state index in [0.29, 0.717) is 6.04 Å². The number of para-hydroxylation sites is 1. The summed E-state index contributed by atoms with van der Waals surface area (Å²) in [4.78, 5) is 6.93. The molecule has 0 spiro atoms. The van der Waals surface area contributed by atoms with Crippen molar-refractivity contribution in [3.05, 3.63) is 66.2 Å². The summed E-state index contributed by atoms with van der Waals surface area (Å²) in [6, 6.07) is 21.6. The van der Waals surface area contributed by atoms with Crippen LogP contribution >= 0.6 is 24.0 Å². The predicted octanol–water partition coefficient (Wildman–Crippen LogP) is 3.94. The lowest BCUT2D eigenvalue weighted by molar-refractivity contribution is 0.198. The summed E-state index contributed by atoms with van der Waals surface area (Å²) in [5.74, 6) is 0.918. The van der Waals surface area contributed by atoms with Crippen LogP contribution in [0, 0.1) is 0 Å². The summed E-state index contributed by atoms with van der Waals surface area (Å²) in [6.45, 7) is 5.17. The fourth-order valence-corrected chi connectivity index (χ4v) is 3.55. The second kappa shape index (κ2) is 13.4. The Morgan fingerprint density at radius 3 is 2.28 bits per heavy atom. The lowest BCUT2D eigenvalue weighted by Crippen LogP contribution is -2.48. The van der Waals surface area contributed by atoms with Crippen LogP contribution in [0.1, 0.15) is 24.8 Å². The van der Waals surface area contributed by atoms with Crippen molar-refractivity contribution in [2.75, 3.05) is 38.5 Å². The second-order valence-electron chi connectivity index (χ2n) is 7.33. The maximum absolute atomic E-state index is 4.39. The van der Waals surface area contributed by atoms with Gasteiger partial charge in [-0.25, -0.2) is 0 Å². The van der Waals surface area contributed by atoms with Crippen molar-refractivity contribution >= 4 is 35.6 Å². The summed E-state index contributed by atoms with van der Waals surface area (Å²) in [7, 11) is 1.85. The minimum atomic E-state index is 0. The Labute approximate surface area is 192 Å². The average molecular weight is 507 g/mol. The average Bonchev–Trinajstić information content (AvgIpc) is 2.75. The summed E-state index contributed by atoms with van der Waals surface area (Å²) in [5.41, 5.74) is 2.57. The molecule has 1 saturated heterocycles. The normalized spacial score (nSPS) is 15.4. The van der Waals surface area contributed by atoms with E-state index in [0.717, 1.165) is 57.9 Å². The van der Waals surface area contributed by atoms with Crippen LogP contribution in [0.5, 0.6) is 0 Å². The van der Waals surface area contributed by atoms with E-state index in [1.54, 1.807) is 0 Å². The third-order valence-electron chi connectivity index (χ3n) is 5.15. The summed E-state index contributed by atoms with van der Waals surface area (Å²) in [6.07, 6.45) is 3.36. The number of nitrogens with one attached hydrogen (secondary N) is 3. The minimum absolute atomic E-state index is 0. The van der Waals surface area contributed by atoms with Crippen molar-refractivity contribution < 1.29 is 0 Å². The molecule has 6 heteroatoms. The Morgan fingerprint density at radius 2 is 1.62 bits per heavy atom. The zero-order chi connectivity index (χ0) is 19.4. The van der Waals surface area contributed by atoms with Crippen molar-refractivity contribution in [3.8, 4) is 0 Å². The fourth-order valence-electron chi connectivity index (χ4n) is 3.55. The summed E-state index contributed by atoms with van der Waals surface area (Å²) >= 11 is 0. The van der Waals surface area contributed by atoms with E-state index in [9.17, 15) is 0 Å². The first-order chi connectivity index (χ1) is 13.8. The number of piperidine rings is 1. The molecule has 5 nitrogen and oxygen atoms in total. The summed E-state index contributed by atoms with van der Waals surface area (Å²) in [5, 5.41) is 10.5. The highest BCUT2D eigenvalue weighted by molar-refractivity contribution is 14.0. The smallest absolute Gasteiger partial charge is 0.191 e. The molecule has 0 radical (unpaired) electrons. The number of hydrogen-bond donors (Lipinski definition) is 3. The van der Waals surface area contributed by atoms with Crippen molar-refractivity contribution in [2.24, 2.45) is 4.99 Å². The number of nitrogens with zero attached hydrogens (tertiary/aromatic N) is 2. The van der Waals surface area contributed by atoms with E-state index >= 15 is 0 Å². The minimum Gasteiger partial charge on any atom is -0.385 e. The van der Waals surface area contributed by atoms with E-state index in [-0.39, 0.29) is 24.0 Å². The molecule has 1 aliphatic rings. The number of rotatable bonds is 8. The van der Waals surface area contributed by atoms with Gasteiger partial charge in [0.05, 0.1) is 0 Å². The fraction of sp³-hybridized carbons (Fsp3) is 0.435. The number of guanidine groups is 1. The van der Waals surface area contributed by atoms with Crippen LogP contribution in [-0.4, -0.2) is 50.1 Å². The number of likely N-dealkylation sites (tertiary alicyclic amines) is 1. The van der Waals surface area contributed by atoms with Crippen molar-refractivity contribution in [1.82, 2.24) is 15.5 Å². The Bertz CT molecular complexity index is 700. The standard InChI is InChI=1S/C23H33N5.HI/c1-24-23(26-16-8-15-25-21-11-6-3-7-12-21)27-22-13-17-28(18-14-22)19-20-9-4-2-5-10-20;/h2-7,9-12,22,25H,8,13-19H2,1H3,(H2,24,26,27);1H. The van der Waals surface area contributed by atoms with Crippen LogP contribution in [0.25, 0.3) is 0 Å². The second-order valence-corrected chi connectivity index (χ2v) is 7.33. The molecule has 2 aromatic rings. The number of aliphatic imine (C=N–C) groups is 1. The molecule has 0 amide bonds. The SMILES string of the molecule is CN=C(NCCCNc1ccccc1)NC1CCN(Cc2ccccc2)CC1.I. The van der Waals surface area contributed by atoms with Gasteiger partial charge in [-0.1, -0.05) is 48.5 Å². The van der Waals surface area contributed by atoms with Crippen molar-refractivity contribution in [2.45, 2.75) is 31.8 Å². The van der Waals surface area contributed by atoms with Gasteiger partial charge in [-0.15, -0.1) is 24.0 Å². The van der Waals surface area contributed by atoms with Gasteiger partial charge in [0.2, 0.25) is 0 Å². The van der Waals surface area contributed by atoms with Crippen LogP contribution in [0.2, 0.25) is 0 Å². The van der Waals surface area contributed by atoms with Gasteiger partial charge in [0.15, 0.2) is 5.96 Å². The topological polar surface area (TPSA) is 51.7 Å². The molecule has 0 bridgehead atoms. The number of hydrogen-bond acceptors (Lipinski definition) is 3. The molecule has 0 atom stereocenters. The van der Waals surface area contributed by atoms with Gasteiger partial charge in [-0.2, -0.15) is 0 Å². The van der Waals surface area contributed by atoms with E-state index in [4.69, 9.17) is 0 Å². The number of benzene rings is 2. The monoisotopic (exact) mass is 507 g/mol. The molecule has 29 heavy (non-hydrogen) atoms. The molecular weight excluding hydrogens is 473 g/mol.